The summed E-state index contributed by atoms with van der Waals surface area (Å²) >= 11 is 1.41. The second-order valence-corrected chi connectivity index (χ2v) is 8.17. The van der Waals surface area contributed by atoms with Crippen LogP contribution in [0.4, 0.5) is 5.69 Å². The minimum atomic E-state index is -0.376. The number of anilines is 1. The standard InChI is InChI=1S/C24H23N3O3S/c1-16(23(28)25-20-9-5-7-11-22(20)30-3)31-24-26-19-8-4-6-10-21(19)27(24)17-12-14-18(29-2)15-13-17/h4-16H,1-3H3,(H,25,28)/t16-/m1/s1. The van der Waals surface area contributed by atoms with Crippen molar-refractivity contribution in [2.24, 2.45) is 0 Å². The largest absolute Gasteiger partial charge is 0.497 e. The first-order chi connectivity index (χ1) is 15.1. The molecule has 3 aromatic carbocycles. The van der Waals surface area contributed by atoms with E-state index in [1.165, 1.54) is 11.8 Å². The third kappa shape index (κ3) is 4.36. The molecular formula is C24H23N3O3S. The van der Waals surface area contributed by atoms with Crippen molar-refractivity contribution in [2.75, 3.05) is 19.5 Å². The number of fused-ring (bicyclic) bond motifs is 1. The van der Waals surface area contributed by atoms with Crippen LogP contribution in [0.25, 0.3) is 16.7 Å². The number of carbonyl (C=O) groups excluding carboxylic acids is 1. The number of benzene rings is 3. The number of para-hydroxylation sites is 4. The van der Waals surface area contributed by atoms with E-state index in [1.54, 1.807) is 14.2 Å². The van der Waals surface area contributed by atoms with Gasteiger partial charge in [0.25, 0.3) is 0 Å². The maximum Gasteiger partial charge on any atom is 0.237 e. The van der Waals surface area contributed by atoms with Crippen molar-refractivity contribution in [1.82, 2.24) is 9.55 Å². The fraction of sp³-hybridized carbons (Fsp3) is 0.167. The molecule has 0 aliphatic rings. The third-order valence-corrected chi connectivity index (χ3v) is 5.93. The lowest BCUT2D eigenvalue weighted by Gasteiger charge is -2.15. The van der Waals surface area contributed by atoms with Crippen molar-refractivity contribution < 1.29 is 14.3 Å². The fourth-order valence-corrected chi connectivity index (χ4v) is 4.20. The minimum Gasteiger partial charge on any atom is -0.497 e. The average Bonchev–Trinajstić information content (AvgIpc) is 3.17. The molecule has 1 aromatic heterocycles. The van der Waals surface area contributed by atoms with Gasteiger partial charge in [0.15, 0.2) is 5.16 Å². The Kier molecular flexibility index (Phi) is 6.13. The van der Waals surface area contributed by atoms with E-state index >= 15 is 0 Å². The number of hydrogen-bond donors (Lipinski definition) is 1. The monoisotopic (exact) mass is 433 g/mol. The van der Waals surface area contributed by atoms with Crippen LogP contribution < -0.4 is 14.8 Å². The molecule has 1 heterocycles. The number of nitrogens with one attached hydrogen (secondary N) is 1. The van der Waals surface area contributed by atoms with Gasteiger partial charge in [-0.3, -0.25) is 9.36 Å². The molecule has 0 saturated heterocycles. The summed E-state index contributed by atoms with van der Waals surface area (Å²) in [5.74, 6) is 1.29. The average molecular weight is 434 g/mol. The van der Waals surface area contributed by atoms with Gasteiger partial charge in [-0.15, -0.1) is 0 Å². The SMILES string of the molecule is COc1ccc(-n2c(S[C@H](C)C(=O)Nc3ccccc3OC)nc3ccccc32)cc1. The molecule has 1 N–H and O–H groups in total. The Hall–Kier alpha value is -3.45. The van der Waals surface area contributed by atoms with Gasteiger partial charge in [-0.1, -0.05) is 36.0 Å². The highest BCUT2D eigenvalue weighted by molar-refractivity contribution is 8.00. The Labute approximate surface area is 185 Å². The zero-order valence-electron chi connectivity index (χ0n) is 17.5. The molecule has 4 rings (SSSR count). The number of hydrogen-bond acceptors (Lipinski definition) is 5. The van der Waals surface area contributed by atoms with Gasteiger partial charge in [0.1, 0.15) is 11.5 Å². The van der Waals surface area contributed by atoms with Crippen LogP contribution in [-0.2, 0) is 4.79 Å². The number of aromatic nitrogens is 2. The van der Waals surface area contributed by atoms with E-state index < -0.39 is 0 Å². The Bertz CT molecular complexity index is 1200. The molecule has 0 saturated carbocycles. The van der Waals surface area contributed by atoms with E-state index in [-0.39, 0.29) is 11.2 Å². The van der Waals surface area contributed by atoms with Gasteiger partial charge in [-0.25, -0.2) is 4.98 Å². The van der Waals surface area contributed by atoms with Crippen LogP contribution in [0.3, 0.4) is 0 Å². The zero-order chi connectivity index (χ0) is 21.8. The van der Waals surface area contributed by atoms with Gasteiger partial charge in [-0.05, 0) is 55.5 Å². The highest BCUT2D eigenvalue weighted by Gasteiger charge is 2.21. The molecular weight excluding hydrogens is 410 g/mol. The number of rotatable bonds is 7. The van der Waals surface area contributed by atoms with Crippen molar-refractivity contribution in [3.63, 3.8) is 0 Å². The molecule has 7 heteroatoms. The molecule has 1 atom stereocenters. The molecule has 0 aliphatic heterocycles. The van der Waals surface area contributed by atoms with Gasteiger partial charge in [0.05, 0.1) is 36.2 Å². The predicted molar refractivity (Wildman–Crippen MR) is 125 cm³/mol. The van der Waals surface area contributed by atoms with E-state index in [2.05, 4.69) is 9.88 Å². The number of carbonyl (C=O) groups is 1. The van der Waals surface area contributed by atoms with E-state index in [0.717, 1.165) is 27.6 Å². The number of amides is 1. The van der Waals surface area contributed by atoms with E-state index in [9.17, 15) is 4.79 Å². The second-order valence-electron chi connectivity index (χ2n) is 6.87. The maximum atomic E-state index is 12.9. The van der Waals surface area contributed by atoms with Crippen molar-refractivity contribution in [2.45, 2.75) is 17.3 Å². The summed E-state index contributed by atoms with van der Waals surface area (Å²) in [5, 5.41) is 3.32. The van der Waals surface area contributed by atoms with Gasteiger partial charge in [0, 0.05) is 5.69 Å². The van der Waals surface area contributed by atoms with Crippen molar-refractivity contribution in [3.05, 3.63) is 72.8 Å². The maximum absolute atomic E-state index is 12.9. The van der Waals surface area contributed by atoms with Crippen LogP contribution in [0, 0.1) is 0 Å². The molecule has 0 unspecified atom stereocenters. The summed E-state index contributed by atoms with van der Waals surface area (Å²) in [6, 6.07) is 23.1. The Morgan fingerprint density at radius 3 is 2.42 bits per heavy atom. The van der Waals surface area contributed by atoms with Gasteiger partial charge in [-0.2, -0.15) is 0 Å². The quantitative estimate of drug-likeness (QED) is 0.408. The second kappa shape index (κ2) is 9.14. The van der Waals surface area contributed by atoms with E-state index in [0.29, 0.717) is 11.4 Å². The first-order valence-corrected chi connectivity index (χ1v) is 10.7. The number of methoxy groups -OCH3 is 2. The molecule has 6 nitrogen and oxygen atoms in total. The van der Waals surface area contributed by atoms with Crippen LogP contribution in [0.1, 0.15) is 6.92 Å². The van der Waals surface area contributed by atoms with E-state index in [1.807, 2.05) is 79.7 Å². The Morgan fingerprint density at radius 2 is 1.68 bits per heavy atom. The molecule has 31 heavy (non-hydrogen) atoms. The highest BCUT2D eigenvalue weighted by Crippen LogP contribution is 2.32. The van der Waals surface area contributed by atoms with E-state index in [4.69, 9.17) is 14.5 Å². The smallest absolute Gasteiger partial charge is 0.237 e. The lowest BCUT2D eigenvalue weighted by atomic mass is 10.2. The number of imidazole rings is 1. The Morgan fingerprint density at radius 1 is 0.968 bits per heavy atom. The van der Waals surface area contributed by atoms with Crippen molar-refractivity contribution >= 4 is 34.4 Å². The lowest BCUT2D eigenvalue weighted by molar-refractivity contribution is -0.115. The van der Waals surface area contributed by atoms with Gasteiger partial charge < -0.3 is 14.8 Å². The normalized spacial score (nSPS) is 11.8. The third-order valence-electron chi connectivity index (χ3n) is 4.88. The number of ether oxygens (including phenoxy) is 2. The molecule has 4 aromatic rings. The summed E-state index contributed by atoms with van der Waals surface area (Å²) in [7, 11) is 3.23. The first kappa shape index (κ1) is 20.8. The van der Waals surface area contributed by atoms with Crippen molar-refractivity contribution in [3.8, 4) is 17.2 Å². The summed E-state index contributed by atoms with van der Waals surface area (Å²) in [4.78, 5) is 17.7. The van der Waals surface area contributed by atoms with Gasteiger partial charge in [0.2, 0.25) is 5.91 Å². The van der Waals surface area contributed by atoms with Crippen LogP contribution in [0.5, 0.6) is 11.5 Å². The summed E-state index contributed by atoms with van der Waals surface area (Å²) in [5.41, 5.74) is 3.45. The first-order valence-electron chi connectivity index (χ1n) is 9.83. The summed E-state index contributed by atoms with van der Waals surface area (Å²) < 4.78 is 12.7. The lowest BCUT2D eigenvalue weighted by Crippen LogP contribution is -2.23. The summed E-state index contributed by atoms with van der Waals surface area (Å²) in [6.45, 7) is 1.87. The molecule has 0 radical (unpaired) electrons. The number of thioether (sulfide) groups is 1. The van der Waals surface area contributed by atoms with Crippen LogP contribution in [0.2, 0.25) is 0 Å². The molecule has 0 bridgehead atoms. The van der Waals surface area contributed by atoms with Crippen LogP contribution >= 0.6 is 11.8 Å². The highest BCUT2D eigenvalue weighted by atomic mass is 32.2. The predicted octanol–water partition coefficient (Wildman–Crippen LogP) is 5.16. The fourth-order valence-electron chi connectivity index (χ4n) is 3.26. The minimum absolute atomic E-state index is 0.122. The van der Waals surface area contributed by atoms with Crippen LogP contribution in [0.15, 0.2) is 78.0 Å². The topological polar surface area (TPSA) is 65.4 Å². The zero-order valence-corrected chi connectivity index (χ0v) is 18.3. The molecule has 0 spiro atoms. The molecule has 0 aliphatic carbocycles. The summed E-state index contributed by atoms with van der Waals surface area (Å²) in [6.07, 6.45) is 0. The Balaban J connectivity index is 1.63. The number of nitrogens with zero attached hydrogens (tertiary/aromatic N) is 2. The van der Waals surface area contributed by atoms with Gasteiger partial charge >= 0.3 is 0 Å². The molecule has 158 valence electrons. The van der Waals surface area contributed by atoms with Crippen molar-refractivity contribution in [1.29, 1.82) is 0 Å². The molecule has 0 fully saturated rings. The molecule has 1 amide bonds. The van der Waals surface area contributed by atoms with Crippen LogP contribution in [-0.4, -0.2) is 34.9 Å².